The molecule has 1 heterocycles. The molecule has 4 heteroatoms. The molecular weight excluding hydrogens is 206 g/mol. The molecule has 0 aliphatic rings. The first kappa shape index (κ1) is 10.7. The molecule has 0 saturated carbocycles. The number of ether oxygens (including phenoxy) is 1. The van der Waals surface area contributed by atoms with E-state index in [-0.39, 0.29) is 0 Å². The Labute approximate surface area is 92.9 Å². The van der Waals surface area contributed by atoms with Crippen molar-refractivity contribution in [1.82, 2.24) is 4.98 Å². The Morgan fingerprint density at radius 2 is 2.31 bits per heavy atom. The first-order valence-electron chi connectivity index (χ1n) is 5.02. The van der Waals surface area contributed by atoms with Crippen molar-refractivity contribution in [3.8, 4) is 0 Å². The largest absolute Gasteiger partial charge is 0.479 e. The Kier molecular flexibility index (Phi) is 2.92. The molecule has 84 valence electrons. The van der Waals surface area contributed by atoms with Gasteiger partial charge in [-0.2, -0.15) is 0 Å². The second-order valence-corrected chi connectivity index (χ2v) is 3.67. The molecule has 1 aromatic heterocycles. The number of carbonyl (C=O) groups is 1. The summed E-state index contributed by atoms with van der Waals surface area (Å²) in [6.07, 6.45) is 1.46. The fraction of sp³-hybridized carbons (Fsp3) is 0.250. The van der Waals surface area contributed by atoms with Gasteiger partial charge in [0.25, 0.3) is 0 Å². The van der Waals surface area contributed by atoms with E-state index in [1.165, 1.54) is 7.11 Å². The van der Waals surface area contributed by atoms with E-state index in [0.717, 1.165) is 16.5 Å². The summed E-state index contributed by atoms with van der Waals surface area (Å²) in [4.78, 5) is 13.9. The SMILES string of the molecule is COC(Cc1ccc2[nH]ccc2c1)C(=O)O. The summed E-state index contributed by atoms with van der Waals surface area (Å²) in [5, 5.41) is 9.96. The number of aromatic amines is 1. The number of carboxylic acids is 1. The van der Waals surface area contributed by atoms with Gasteiger partial charge >= 0.3 is 5.97 Å². The molecule has 1 unspecified atom stereocenters. The summed E-state index contributed by atoms with van der Waals surface area (Å²) < 4.78 is 4.90. The van der Waals surface area contributed by atoms with Crippen molar-refractivity contribution in [1.29, 1.82) is 0 Å². The fourth-order valence-corrected chi connectivity index (χ4v) is 1.72. The summed E-state index contributed by atoms with van der Waals surface area (Å²) in [6, 6.07) is 7.79. The molecule has 0 spiro atoms. The second-order valence-electron chi connectivity index (χ2n) is 3.67. The smallest absolute Gasteiger partial charge is 0.333 e. The van der Waals surface area contributed by atoms with E-state index in [1.807, 2.05) is 30.5 Å². The lowest BCUT2D eigenvalue weighted by molar-refractivity contribution is -0.148. The third kappa shape index (κ3) is 2.06. The van der Waals surface area contributed by atoms with Crippen LogP contribution in [0.1, 0.15) is 5.56 Å². The molecular formula is C12H13NO3. The summed E-state index contributed by atoms with van der Waals surface area (Å²) in [7, 11) is 1.41. The number of carboxylic acid groups (broad SMARTS) is 1. The van der Waals surface area contributed by atoms with E-state index in [4.69, 9.17) is 9.84 Å². The predicted octanol–water partition coefficient (Wildman–Crippen LogP) is 1.81. The quantitative estimate of drug-likeness (QED) is 0.824. The highest BCUT2D eigenvalue weighted by Gasteiger charge is 2.16. The molecule has 4 nitrogen and oxygen atoms in total. The maximum absolute atomic E-state index is 10.8. The van der Waals surface area contributed by atoms with Crippen molar-refractivity contribution in [3.05, 3.63) is 36.0 Å². The molecule has 0 aliphatic carbocycles. The summed E-state index contributed by atoms with van der Waals surface area (Å²) >= 11 is 0. The highest BCUT2D eigenvalue weighted by molar-refractivity contribution is 5.80. The molecule has 1 aromatic carbocycles. The van der Waals surface area contributed by atoms with Crippen molar-refractivity contribution in [2.45, 2.75) is 12.5 Å². The number of nitrogens with one attached hydrogen (secondary N) is 1. The molecule has 1 atom stereocenters. The highest BCUT2D eigenvalue weighted by atomic mass is 16.5. The third-order valence-corrected chi connectivity index (χ3v) is 2.60. The highest BCUT2D eigenvalue weighted by Crippen LogP contribution is 2.16. The van der Waals surface area contributed by atoms with Crippen LogP contribution in [0.5, 0.6) is 0 Å². The Balaban J connectivity index is 2.23. The monoisotopic (exact) mass is 219 g/mol. The van der Waals surface area contributed by atoms with Crippen LogP contribution in [0.25, 0.3) is 10.9 Å². The van der Waals surface area contributed by atoms with Crippen LogP contribution < -0.4 is 0 Å². The molecule has 2 rings (SSSR count). The molecule has 2 aromatic rings. The zero-order valence-corrected chi connectivity index (χ0v) is 8.93. The van der Waals surface area contributed by atoms with Crippen molar-refractivity contribution in [2.75, 3.05) is 7.11 Å². The number of aromatic nitrogens is 1. The van der Waals surface area contributed by atoms with Gasteiger partial charge in [-0.05, 0) is 29.1 Å². The number of fused-ring (bicyclic) bond motifs is 1. The molecule has 0 amide bonds. The Morgan fingerprint density at radius 3 is 3.00 bits per heavy atom. The van der Waals surface area contributed by atoms with E-state index in [2.05, 4.69) is 4.98 Å². The van der Waals surface area contributed by atoms with Gasteiger partial charge in [-0.3, -0.25) is 0 Å². The number of benzene rings is 1. The fourth-order valence-electron chi connectivity index (χ4n) is 1.72. The van der Waals surface area contributed by atoms with Crippen LogP contribution in [0.15, 0.2) is 30.5 Å². The van der Waals surface area contributed by atoms with Crippen LogP contribution in [-0.2, 0) is 16.0 Å². The van der Waals surface area contributed by atoms with Crippen LogP contribution in [-0.4, -0.2) is 29.3 Å². The zero-order valence-electron chi connectivity index (χ0n) is 8.93. The molecule has 0 fully saturated rings. The Hall–Kier alpha value is -1.81. The van der Waals surface area contributed by atoms with Gasteiger partial charge in [-0.15, -0.1) is 0 Å². The minimum atomic E-state index is -0.934. The lowest BCUT2D eigenvalue weighted by atomic mass is 10.1. The van der Waals surface area contributed by atoms with Crippen LogP contribution in [0, 0.1) is 0 Å². The minimum Gasteiger partial charge on any atom is -0.479 e. The lowest BCUT2D eigenvalue weighted by Crippen LogP contribution is -2.24. The number of hydrogen-bond acceptors (Lipinski definition) is 2. The van der Waals surface area contributed by atoms with E-state index in [0.29, 0.717) is 6.42 Å². The molecule has 0 saturated heterocycles. The van der Waals surface area contributed by atoms with Gasteiger partial charge in [0, 0.05) is 25.2 Å². The maximum Gasteiger partial charge on any atom is 0.333 e. The van der Waals surface area contributed by atoms with Crippen LogP contribution in [0.3, 0.4) is 0 Å². The lowest BCUT2D eigenvalue weighted by Gasteiger charge is -2.10. The van der Waals surface area contributed by atoms with Gasteiger partial charge in [-0.1, -0.05) is 6.07 Å². The number of H-pyrrole nitrogens is 1. The van der Waals surface area contributed by atoms with Crippen LogP contribution in [0.4, 0.5) is 0 Å². The van der Waals surface area contributed by atoms with E-state index in [9.17, 15) is 4.79 Å². The van der Waals surface area contributed by atoms with Gasteiger partial charge in [0.15, 0.2) is 6.10 Å². The average Bonchev–Trinajstić information content (AvgIpc) is 2.72. The van der Waals surface area contributed by atoms with Crippen LogP contribution in [0.2, 0.25) is 0 Å². The molecule has 2 N–H and O–H groups in total. The number of methoxy groups -OCH3 is 1. The van der Waals surface area contributed by atoms with Crippen molar-refractivity contribution >= 4 is 16.9 Å². The van der Waals surface area contributed by atoms with Crippen molar-refractivity contribution in [2.24, 2.45) is 0 Å². The molecule has 16 heavy (non-hydrogen) atoms. The molecule has 0 aliphatic heterocycles. The Bertz CT molecular complexity index is 504. The molecule has 0 radical (unpaired) electrons. The van der Waals surface area contributed by atoms with Gasteiger partial charge < -0.3 is 14.8 Å². The van der Waals surface area contributed by atoms with E-state index < -0.39 is 12.1 Å². The van der Waals surface area contributed by atoms with E-state index in [1.54, 1.807) is 0 Å². The molecule has 0 bridgehead atoms. The first-order chi connectivity index (χ1) is 7.70. The zero-order chi connectivity index (χ0) is 11.5. The topological polar surface area (TPSA) is 62.3 Å². The van der Waals surface area contributed by atoms with Gasteiger partial charge in [-0.25, -0.2) is 4.79 Å². The number of hydrogen-bond donors (Lipinski definition) is 2. The minimum absolute atomic E-state index is 0.382. The second kappa shape index (κ2) is 4.37. The van der Waals surface area contributed by atoms with Gasteiger partial charge in [0.1, 0.15) is 0 Å². The first-order valence-corrected chi connectivity index (χ1v) is 5.02. The number of rotatable bonds is 4. The normalized spacial score (nSPS) is 12.8. The maximum atomic E-state index is 10.8. The number of aliphatic carboxylic acids is 1. The standard InChI is InChI=1S/C12H13NO3/c1-16-11(12(14)15)7-8-2-3-10-9(6-8)4-5-13-10/h2-6,11,13H,7H2,1H3,(H,14,15). The van der Waals surface area contributed by atoms with Gasteiger partial charge in [0.05, 0.1) is 0 Å². The van der Waals surface area contributed by atoms with E-state index >= 15 is 0 Å². The van der Waals surface area contributed by atoms with Crippen molar-refractivity contribution < 1.29 is 14.6 Å². The third-order valence-electron chi connectivity index (χ3n) is 2.60. The summed E-state index contributed by atoms with van der Waals surface area (Å²) in [5.74, 6) is -0.934. The average molecular weight is 219 g/mol. The summed E-state index contributed by atoms with van der Waals surface area (Å²) in [6.45, 7) is 0. The Morgan fingerprint density at radius 1 is 1.50 bits per heavy atom. The van der Waals surface area contributed by atoms with Gasteiger partial charge in [0.2, 0.25) is 0 Å². The summed E-state index contributed by atoms with van der Waals surface area (Å²) in [5.41, 5.74) is 2.01. The predicted molar refractivity (Wildman–Crippen MR) is 60.4 cm³/mol. The van der Waals surface area contributed by atoms with Crippen LogP contribution >= 0.6 is 0 Å². The van der Waals surface area contributed by atoms with Crippen molar-refractivity contribution in [3.63, 3.8) is 0 Å².